The lowest BCUT2D eigenvalue weighted by atomic mass is 10.2. The fraction of sp³-hybridized carbons (Fsp3) is 0.222. The molecule has 1 rings (SSSR count). The number of esters is 1. The Hall–Kier alpha value is -1.60. The van der Waals surface area contributed by atoms with Crippen LogP contribution < -0.4 is 4.72 Å². The molecular weight excluding hydrogens is 232 g/mol. The number of hydrogen-bond acceptors (Lipinski definition) is 6. The van der Waals surface area contributed by atoms with Gasteiger partial charge in [-0.25, -0.2) is 4.79 Å². The largest absolute Gasteiger partial charge is 0.465 e. The number of hydrogen-bond donors (Lipinski definition) is 1. The molecule has 0 fully saturated rings. The van der Waals surface area contributed by atoms with Crippen molar-refractivity contribution in [1.82, 2.24) is 4.72 Å². The topological polar surface area (TPSA) is 81.5 Å². The van der Waals surface area contributed by atoms with Crippen LogP contribution in [0.25, 0.3) is 0 Å². The van der Waals surface area contributed by atoms with Gasteiger partial charge < -0.3 is 4.74 Å². The number of nitro groups is 1. The van der Waals surface area contributed by atoms with Gasteiger partial charge in [-0.3, -0.25) is 14.8 Å². The normalized spacial score (nSPS) is 9.88. The molecule has 0 saturated carbocycles. The first kappa shape index (κ1) is 12.5. The summed E-state index contributed by atoms with van der Waals surface area (Å²) in [7, 11) is 2.88. The maximum atomic E-state index is 11.2. The van der Waals surface area contributed by atoms with E-state index in [1.807, 2.05) is 0 Å². The van der Waals surface area contributed by atoms with Crippen molar-refractivity contribution in [2.24, 2.45) is 0 Å². The number of benzene rings is 1. The van der Waals surface area contributed by atoms with Crippen molar-refractivity contribution in [3.05, 3.63) is 33.9 Å². The Morgan fingerprint density at radius 3 is 2.75 bits per heavy atom. The van der Waals surface area contributed by atoms with Gasteiger partial charge in [-0.05, 0) is 31.1 Å². The van der Waals surface area contributed by atoms with E-state index in [0.29, 0.717) is 4.90 Å². The molecule has 0 unspecified atom stereocenters. The summed E-state index contributed by atoms with van der Waals surface area (Å²) in [6.45, 7) is 0. The number of nitro benzene ring substituents is 1. The van der Waals surface area contributed by atoms with Crippen molar-refractivity contribution in [1.29, 1.82) is 0 Å². The molecule has 7 heteroatoms. The lowest BCUT2D eigenvalue weighted by molar-refractivity contribution is -0.387. The number of nitrogens with zero attached hydrogens (tertiary/aromatic N) is 1. The molecule has 6 nitrogen and oxygen atoms in total. The molecule has 1 aromatic carbocycles. The Morgan fingerprint density at radius 1 is 1.56 bits per heavy atom. The molecule has 86 valence electrons. The minimum absolute atomic E-state index is 0.123. The number of methoxy groups -OCH3 is 1. The van der Waals surface area contributed by atoms with E-state index in [1.54, 1.807) is 7.05 Å². The van der Waals surface area contributed by atoms with Crippen molar-refractivity contribution in [3.8, 4) is 0 Å². The molecule has 0 spiro atoms. The summed E-state index contributed by atoms with van der Waals surface area (Å²) in [4.78, 5) is 21.9. The summed E-state index contributed by atoms with van der Waals surface area (Å²) in [6.07, 6.45) is 0. The fourth-order valence-corrected chi connectivity index (χ4v) is 1.70. The van der Waals surface area contributed by atoms with E-state index in [4.69, 9.17) is 0 Å². The smallest absolute Gasteiger partial charge is 0.338 e. The highest BCUT2D eigenvalue weighted by molar-refractivity contribution is 7.97. The molecule has 0 saturated heterocycles. The van der Waals surface area contributed by atoms with Gasteiger partial charge in [0.25, 0.3) is 5.69 Å². The van der Waals surface area contributed by atoms with Gasteiger partial charge in [-0.2, -0.15) is 0 Å². The van der Waals surface area contributed by atoms with E-state index in [9.17, 15) is 14.9 Å². The Morgan fingerprint density at radius 2 is 2.25 bits per heavy atom. The molecule has 1 aromatic rings. The maximum Gasteiger partial charge on any atom is 0.338 e. The summed E-state index contributed by atoms with van der Waals surface area (Å²) in [5.41, 5.74) is 0.0388. The number of carbonyl (C=O) groups excluding carboxylic acids is 1. The van der Waals surface area contributed by atoms with Crippen LogP contribution >= 0.6 is 11.9 Å². The van der Waals surface area contributed by atoms with Crippen LogP contribution in [0.5, 0.6) is 0 Å². The Bertz CT molecular complexity index is 422. The first-order chi connectivity index (χ1) is 7.60. The second-order valence-corrected chi connectivity index (χ2v) is 3.79. The maximum absolute atomic E-state index is 11.2. The van der Waals surface area contributed by atoms with Crippen LogP contribution in [-0.2, 0) is 4.74 Å². The lowest BCUT2D eigenvalue weighted by Crippen LogP contribution is -2.03. The summed E-state index contributed by atoms with van der Waals surface area (Å²) >= 11 is 1.11. The van der Waals surface area contributed by atoms with Crippen LogP contribution in [0.3, 0.4) is 0 Å². The minimum atomic E-state index is -0.593. The molecule has 0 bridgehead atoms. The molecule has 1 N–H and O–H groups in total. The highest BCUT2D eigenvalue weighted by atomic mass is 32.2. The van der Waals surface area contributed by atoms with Gasteiger partial charge in [0.2, 0.25) is 0 Å². The summed E-state index contributed by atoms with van der Waals surface area (Å²) in [6, 6.07) is 4.19. The molecule has 0 heterocycles. The van der Waals surface area contributed by atoms with E-state index < -0.39 is 10.9 Å². The molecular formula is C9H10N2O4S. The summed E-state index contributed by atoms with van der Waals surface area (Å²) < 4.78 is 7.22. The van der Waals surface area contributed by atoms with E-state index in [0.717, 1.165) is 11.9 Å². The molecule has 0 radical (unpaired) electrons. The molecule has 0 amide bonds. The zero-order chi connectivity index (χ0) is 12.1. The third-order valence-corrected chi connectivity index (χ3v) is 2.56. The zero-order valence-corrected chi connectivity index (χ0v) is 9.54. The van der Waals surface area contributed by atoms with Crippen molar-refractivity contribution < 1.29 is 14.5 Å². The van der Waals surface area contributed by atoms with E-state index in [1.165, 1.54) is 25.3 Å². The quantitative estimate of drug-likeness (QED) is 0.374. The number of carbonyl (C=O) groups is 1. The Labute approximate surface area is 96.3 Å². The summed E-state index contributed by atoms with van der Waals surface area (Å²) in [5, 5.41) is 10.8. The van der Waals surface area contributed by atoms with Crippen LogP contribution in [0.1, 0.15) is 10.4 Å². The Kier molecular flexibility index (Phi) is 4.27. The number of ether oxygens (including phenoxy) is 1. The van der Waals surface area contributed by atoms with E-state index in [2.05, 4.69) is 9.46 Å². The van der Waals surface area contributed by atoms with Gasteiger partial charge in [0.1, 0.15) is 4.90 Å². The number of nitrogens with one attached hydrogen (secondary N) is 1. The van der Waals surface area contributed by atoms with Gasteiger partial charge in [-0.15, -0.1) is 0 Å². The molecule has 0 aliphatic rings. The molecule has 16 heavy (non-hydrogen) atoms. The number of rotatable bonds is 4. The van der Waals surface area contributed by atoms with Crippen molar-refractivity contribution in [2.75, 3.05) is 14.2 Å². The van der Waals surface area contributed by atoms with Crippen LogP contribution in [-0.4, -0.2) is 25.1 Å². The highest BCUT2D eigenvalue weighted by Crippen LogP contribution is 2.28. The fourth-order valence-electron chi connectivity index (χ4n) is 1.10. The van der Waals surface area contributed by atoms with Gasteiger partial charge in [0, 0.05) is 6.07 Å². The third-order valence-electron chi connectivity index (χ3n) is 1.79. The molecule has 0 atom stereocenters. The second-order valence-electron chi connectivity index (χ2n) is 2.74. The lowest BCUT2D eigenvalue weighted by Gasteiger charge is -2.03. The average molecular weight is 242 g/mol. The van der Waals surface area contributed by atoms with Crippen molar-refractivity contribution in [2.45, 2.75) is 4.90 Å². The van der Waals surface area contributed by atoms with Crippen LogP contribution in [0.2, 0.25) is 0 Å². The molecule has 0 aliphatic carbocycles. The van der Waals surface area contributed by atoms with Crippen molar-refractivity contribution >= 4 is 23.6 Å². The van der Waals surface area contributed by atoms with Crippen LogP contribution in [0.15, 0.2) is 23.1 Å². The summed E-state index contributed by atoms with van der Waals surface area (Å²) in [5.74, 6) is -0.593. The highest BCUT2D eigenvalue weighted by Gasteiger charge is 2.17. The first-order valence-electron chi connectivity index (χ1n) is 4.30. The van der Waals surface area contributed by atoms with Crippen LogP contribution in [0.4, 0.5) is 5.69 Å². The standard InChI is InChI=1S/C9H10N2O4S/c1-10-16-8-4-3-6(9(12)15-2)5-7(8)11(13)14/h3-5,10H,1-2H3. The monoisotopic (exact) mass is 242 g/mol. The first-order valence-corrected chi connectivity index (χ1v) is 5.12. The van der Waals surface area contributed by atoms with E-state index in [-0.39, 0.29) is 11.3 Å². The predicted molar refractivity (Wildman–Crippen MR) is 59.4 cm³/mol. The van der Waals surface area contributed by atoms with Gasteiger partial charge in [0.05, 0.1) is 17.6 Å². The molecule has 0 aliphatic heterocycles. The van der Waals surface area contributed by atoms with E-state index >= 15 is 0 Å². The molecule has 0 aromatic heterocycles. The van der Waals surface area contributed by atoms with Gasteiger partial charge in [-0.1, -0.05) is 0 Å². The van der Waals surface area contributed by atoms with Crippen LogP contribution in [0, 0.1) is 10.1 Å². The minimum Gasteiger partial charge on any atom is -0.465 e. The van der Waals surface area contributed by atoms with Gasteiger partial charge >= 0.3 is 5.97 Å². The van der Waals surface area contributed by atoms with Gasteiger partial charge in [0.15, 0.2) is 0 Å². The second kappa shape index (κ2) is 5.47. The SMILES string of the molecule is CNSc1ccc(C(=O)OC)cc1[N+](=O)[O-]. The third kappa shape index (κ3) is 2.71. The zero-order valence-electron chi connectivity index (χ0n) is 8.72. The van der Waals surface area contributed by atoms with Crippen molar-refractivity contribution in [3.63, 3.8) is 0 Å². The average Bonchev–Trinajstić information content (AvgIpc) is 2.28. The Balaban J connectivity index is 3.17. The predicted octanol–water partition coefficient (Wildman–Crippen LogP) is 1.61.